The van der Waals surface area contributed by atoms with E-state index >= 15 is 0 Å². The number of alkyl halides is 6. The first-order valence-corrected chi connectivity index (χ1v) is 10.9. The standard InChI is InChI=1S/C20H23F6N7O4/c1-10(30-13-7-29-31-17(36)16(13)20(24,25)26)9-37-32-15(35)4-11-2-3-33(8-14(11)34)18-27-5-12(6-28-18)19(21,22)23/h5-7,10-11,14,34H,2-4,8-9H2,1H3,(H,32,35)(H2,30,31,36)/t10-,11+,14+/m0/s1. The highest BCUT2D eigenvalue weighted by molar-refractivity contribution is 5.75. The Kier molecular flexibility index (Phi) is 8.57. The van der Waals surface area contributed by atoms with Crippen LogP contribution in [0.15, 0.2) is 23.4 Å². The molecule has 1 amide bonds. The Morgan fingerprint density at radius 3 is 2.49 bits per heavy atom. The number of H-pyrrole nitrogens is 1. The quantitative estimate of drug-likeness (QED) is 0.291. The lowest BCUT2D eigenvalue weighted by atomic mass is 9.91. The van der Waals surface area contributed by atoms with Crippen LogP contribution >= 0.6 is 0 Å². The molecule has 0 spiro atoms. The minimum absolute atomic E-state index is 0.00307. The summed E-state index contributed by atoms with van der Waals surface area (Å²) in [4.78, 5) is 37.6. The van der Waals surface area contributed by atoms with Crippen molar-refractivity contribution in [1.29, 1.82) is 0 Å². The number of hydrogen-bond donors (Lipinski definition) is 4. The first-order valence-electron chi connectivity index (χ1n) is 10.9. The minimum Gasteiger partial charge on any atom is -0.391 e. The molecule has 1 aliphatic heterocycles. The summed E-state index contributed by atoms with van der Waals surface area (Å²) in [7, 11) is 0. The van der Waals surface area contributed by atoms with Crippen molar-refractivity contribution in [2.75, 3.05) is 29.9 Å². The van der Waals surface area contributed by atoms with Gasteiger partial charge in [0.15, 0.2) is 0 Å². The monoisotopic (exact) mass is 539 g/mol. The van der Waals surface area contributed by atoms with Crippen molar-refractivity contribution < 1.29 is 41.1 Å². The van der Waals surface area contributed by atoms with Gasteiger partial charge in [0.05, 0.1) is 30.2 Å². The molecular formula is C20H23F6N7O4. The zero-order valence-electron chi connectivity index (χ0n) is 19.2. The molecule has 0 bridgehead atoms. The molecule has 11 nitrogen and oxygen atoms in total. The van der Waals surface area contributed by atoms with Gasteiger partial charge in [0, 0.05) is 37.9 Å². The molecule has 2 aromatic heterocycles. The minimum atomic E-state index is -4.91. The Balaban J connectivity index is 1.44. The molecule has 0 saturated carbocycles. The molecule has 0 unspecified atom stereocenters. The van der Waals surface area contributed by atoms with Crippen molar-refractivity contribution in [2.45, 2.75) is 44.3 Å². The van der Waals surface area contributed by atoms with Gasteiger partial charge in [-0.1, -0.05) is 0 Å². The van der Waals surface area contributed by atoms with E-state index in [0.717, 1.165) is 6.20 Å². The summed E-state index contributed by atoms with van der Waals surface area (Å²) in [6, 6.07) is -0.762. The second-order valence-corrected chi connectivity index (χ2v) is 8.40. The number of amides is 1. The van der Waals surface area contributed by atoms with Gasteiger partial charge in [-0.25, -0.2) is 20.5 Å². The van der Waals surface area contributed by atoms with E-state index in [4.69, 9.17) is 4.84 Å². The lowest BCUT2D eigenvalue weighted by Gasteiger charge is -2.35. The first-order chi connectivity index (χ1) is 17.3. The number of hydroxylamine groups is 1. The number of carbonyl (C=O) groups excluding carboxylic acids is 1. The molecule has 204 valence electrons. The van der Waals surface area contributed by atoms with Crippen molar-refractivity contribution in [3.05, 3.63) is 40.1 Å². The molecule has 1 fully saturated rings. The van der Waals surface area contributed by atoms with E-state index in [1.807, 2.05) is 0 Å². The number of nitrogens with one attached hydrogen (secondary N) is 3. The van der Waals surface area contributed by atoms with Crippen LogP contribution < -0.4 is 21.3 Å². The van der Waals surface area contributed by atoms with E-state index in [-0.39, 0.29) is 32.1 Å². The van der Waals surface area contributed by atoms with E-state index in [9.17, 15) is 41.0 Å². The first kappa shape index (κ1) is 28.1. The molecule has 0 aliphatic carbocycles. The Morgan fingerprint density at radius 2 is 1.89 bits per heavy atom. The van der Waals surface area contributed by atoms with E-state index in [2.05, 4.69) is 25.9 Å². The summed E-state index contributed by atoms with van der Waals surface area (Å²) >= 11 is 0. The number of rotatable bonds is 8. The lowest BCUT2D eigenvalue weighted by molar-refractivity contribution is -0.139. The zero-order chi connectivity index (χ0) is 27.4. The van der Waals surface area contributed by atoms with Crippen molar-refractivity contribution in [1.82, 2.24) is 25.6 Å². The average molecular weight is 539 g/mol. The molecule has 17 heteroatoms. The van der Waals surface area contributed by atoms with Crippen LogP contribution in [0.5, 0.6) is 0 Å². The molecule has 4 N–H and O–H groups in total. The van der Waals surface area contributed by atoms with Crippen LogP contribution in [0.25, 0.3) is 0 Å². The summed E-state index contributed by atoms with van der Waals surface area (Å²) in [6.45, 7) is 1.48. The van der Waals surface area contributed by atoms with Gasteiger partial charge in [-0.15, -0.1) is 0 Å². The Labute approximate surface area is 205 Å². The van der Waals surface area contributed by atoms with Crippen LogP contribution in [0.1, 0.15) is 30.9 Å². The molecule has 3 rings (SSSR count). The molecule has 0 radical (unpaired) electrons. The van der Waals surface area contributed by atoms with Gasteiger partial charge in [-0.2, -0.15) is 31.4 Å². The van der Waals surface area contributed by atoms with Crippen LogP contribution in [0.2, 0.25) is 0 Å². The number of aliphatic hydroxyl groups is 1. The molecule has 3 atom stereocenters. The van der Waals surface area contributed by atoms with Gasteiger partial charge in [-0.3, -0.25) is 14.4 Å². The van der Waals surface area contributed by atoms with Gasteiger partial charge < -0.3 is 15.3 Å². The molecule has 2 aromatic rings. The molecule has 3 heterocycles. The van der Waals surface area contributed by atoms with Gasteiger partial charge >= 0.3 is 12.4 Å². The number of aromatic amines is 1. The Hall–Kier alpha value is -3.47. The number of nitrogens with zero attached hydrogens (tertiary/aromatic N) is 4. The fraction of sp³-hybridized carbons (Fsp3) is 0.550. The summed E-state index contributed by atoms with van der Waals surface area (Å²) in [5.74, 6) is -1.06. The van der Waals surface area contributed by atoms with Crippen LogP contribution in [-0.2, 0) is 22.0 Å². The van der Waals surface area contributed by atoms with Gasteiger partial charge in [0.25, 0.3) is 5.56 Å². The highest BCUT2D eigenvalue weighted by Crippen LogP contribution is 2.32. The van der Waals surface area contributed by atoms with Crippen LogP contribution in [0.4, 0.5) is 38.0 Å². The van der Waals surface area contributed by atoms with Gasteiger partial charge in [0.2, 0.25) is 11.9 Å². The smallest absolute Gasteiger partial charge is 0.391 e. The number of anilines is 2. The number of aliphatic hydroxyl groups excluding tert-OH is 1. The third kappa shape index (κ3) is 7.51. The maximum atomic E-state index is 13.1. The largest absolute Gasteiger partial charge is 0.423 e. The van der Waals surface area contributed by atoms with Crippen LogP contribution in [0.3, 0.4) is 0 Å². The van der Waals surface area contributed by atoms with Crippen molar-refractivity contribution in [3.63, 3.8) is 0 Å². The van der Waals surface area contributed by atoms with E-state index in [1.165, 1.54) is 11.8 Å². The number of piperidine rings is 1. The SMILES string of the molecule is C[C@@H](CONC(=O)C[C@H]1CCN(c2ncc(C(F)(F)F)cn2)C[C@H]1O)Nc1cn[nH]c(=O)c1C(F)(F)F. The normalized spacial score (nSPS) is 19.4. The Morgan fingerprint density at radius 1 is 1.22 bits per heavy atom. The van der Waals surface area contributed by atoms with E-state index in [1.54, 1.807) is 5.10 Å². The van der Waals surface area contributed by atoms with Crippen LogP contribution in [0, 0.1) is 5.92 Å². The van der Waals surface area contributed by atoms with Crippen molar-refractivity contribution >= 4 is 17.5 Å². The molecule has 1 saturated heterocycles. The predicted molar refractivity (Wildman–Crippen MR) is 115 cm³/mol. The van der Waals surface area contributed by atoms with Crippen molar-refractivity contribution in [3.8, 4) is 0 Å². The number of carbonyl (C=O) groups is 1. The summed E-state index contributed by atoms with van der Waals surface area (Å²) in [5.41, 5.74) is -2.25. The number of aromatic nitrogens is 4. The lowest BCUT2D eigenvalue weighted by Crippen LogP contribution is -2.46. The summed E-state index contributed by atoms with van der Waals surface area (Å²) in [5, 5.41) is 17.9. The highest BCUT2D eigenvalue weighted by Gasteiger charge is 2.38. The van der Waals surface area contributed by atoms with Gasteiger partial charge in [-0.05, 0) is 19.3 Å². The van der Waals surface area contributed by atoms with E-state index in [0.29, 0.717) is 18.8 Å². The summed E-state index contributed by atoms with van der Waals surface area (Å²) < 4.78 is 77.3. The fourth-order valence-electron chi connectivity index (χ4n) is 3.65. The molecule has 1 aliphatic rings. The zero-order valence-corrected chi connectivity index (χ0v) is 19.2. The van der Waals surface area contributed by atoms with Crippen LogP contribution in [-0.4, -0.2) is 63.0 Å². The summed E-state index contributed by atoms with van der Waals surface area (Å²) in [6.07, 6.45) is -8.21. The van der Waals surface area contributed by atoms with Crippen molar-refractivity contribution in [2.24, 2.45) is 5.92 Å². The molecular weight excluding hydrogens is 516 g/mol. The fourth-order valence-corrected chi connectivity index (χ4v) is 3.65. The number of β-amino-alcohol motifs (C(OH)–C–C–N with tert-alkyl or cyclic N) is 1. The average Bonchev–Trinajstić information content (AvgIpc) is 2.79. The Bertz CT molecular complexity index is 1130. The predicted octanol–water partition coefficient (Wildman–Crippen LogP) is 1.72. The molecule has 37 heavy (non-hydrogen) atoms. The topological polar surface area (TPSA) is 145 Å². The van der Waals surface area contributed by atoms with E-state index < -0.39 is 58.7 Å². The number of halogens is 6. The highest BCUT2D eigenvalue weighted by atomic mass is 19.4. The maximum Gasteiger partial charge on any atom is 0.423 e. The third-order valence-corrected chi connectivity index (χ3v) is 5.48. The second-order valence-electron chi connectivity index (χ2n) is 8.40. The maximum absolute atomic E-state index is 13.1. The third-order valence-electron chi connectivity index (χ3n) is 5.48. The second kappa shape index (κ2) is 11.3. The number of hydrogen-bond acceptors (Lipinski definition) is 9. The molecule has 0 aromatic carbocycles. The van der Waals surface area contributed by atoms with Gasteiger partial charge in [0.1, 0.15) is 5.56 Å².